The van der Waals surface area contributed by atoms with Crippen LogP contribution in [-0.2, 0) is 0 Å². The molecule has 0 aliphatic rings. The van der Waals surface area contributed by atoms with E-state index in [-0.39, 0.29) is 6.03 Å². The third kappa shape index (κ3) is 4.08. The number of halogens is 1. The van der Waals surface area contributed by atoms with Crippen LogP contribution >= 0.6 is 22.9 Å². The highest BCUT2D eigenvalue weighted by Crippen LogP contribution is 2.19. The summed E-state index contributed by atoms with van der Waals surface area (Å²) in [7, 11) is 0. The number of rotatable bonds is 3. The maximum Gasteiger partial charge on any atom is 0.339 e. The summed E-state index contributed by atoms with van der Waals surface area (Å²) >= 11 is 7.19. The summed E-state index contributed by atoms with van der Waals surface area (Å²) in [5.74, 6) is 0. The molecule has 1 aromatic carbocycles. The number of anilines is 1. The topological polar surface area (TPSA) is 53.5 Å². The molecule has 0 unspecified atom stereocenters. The van der Waals surface area contributed by atoms with Crippen molar-refractivity contribution in [2.75, 3.05) is 5.32 Å². The molecule has 0 bridgehead atoms. The zero-order valence-electron chi connectivity index (χ0n) is 11.1. The van der Waals surface area contributed by atoms with Crippen molar-refractivity contribution in [3.05, 3.63) is 50.7 Å². The fourth-order valence-electron chi connectivity index (χ4n) is 1.66. The molecule has 0 spiro atoms. The number of urea groups is 1. The van der Waals surface area contributed by atoms with Crippen LogP contribution < -0.4 is 10.7 Å². The van der Waals surface area contributed by atoms with E-state index in [0.29, 0.717) is 4.34 Å². The normalized spacial score (nSPS) is 10.8. The van der Waals surface area contributed by atoms with Gasteiger partial charge in [-0.2, -0.15) is 5.10 Å². The van der Waals surface area contributed by atoms with E-state index in [1.54, 1.807) is 12.3 Å². The Kier molecular flexibility index (Phi) is 4.76. The minimum absolute atomic E-state index is 0.379. The second kappa shape index (κ2) is 6.54. The van der Waals surface area contributed by atoms with E-state index in [9.17, 15) is 4.79 Å². The van der Waals surface area contributed by atoms with Crippen molar-refractivity contribution >= 4 is 40.9 Å². The number of amides is 2. The molecular formula is C14H14ClN3OS. The van der Waals surface area contributed by atoms with Crippen molar-refractivity contribution in [3.8, 4) is 0 Å². The monoisotopic (exact) mass is 307 g/mol. The largest absolute Gasteiger partial charge is 0.339 e. The van der Waals surface area contributed by atoms with Gasteiger partial charge in [0.15, 0.2) is 0 Å². The zero-order valence-corrected chi connectivity index (χ0v) is 12.7. The van der Waals surface area contributed by atoms with Crippen LogP contribution in [0.2, 0.25) is 4.34 Å². The number of hydrazone groups is 1. The Labute approximate surface area is 126 Å². The van der Waals surface area contributed by atoms with Crippen LogP contribution in [0.4, 0.5) is 10.5 Å². The fraction of sp³-hybridized carbons (Fsp3) is 0.143. The van der Waals surface area contributed by atoms with Gasteiger partial charge in [0.2, 0.25) is 0 Å². The molecule has 0 aliphatic heterocycles. The summed E-state index contributed by atoms with van der Waals surface area (Å²) in [6, 6.07) is 9.05. The van der Waals surface area contributed by atoms with Gasteiger partial charge in [-0.05, 0) is 37.6 Å². The highest BCUT2D eigenvalue weighted by molar-refractivity contribution is 7.17. The maximum absolute atomic E-state index is 11.7. The molecule has 0 saturated carbocycles. The average Bonchev–Trinajstić information content (AvgIpc) is 2.79. The first-order chi connectivity index (χ1) is 9.54. The number of benzene rings is 1. The number of thiophene rings is 1. The minimum Gasteiger partial charge on any atom is -0.306 e. The van der Waals surface area contributed by atoms with E-state index in [1.807, 2.05) is 38.1 Å². The lowest BCUT2D eigenvalue weighted by Crippen LogP contribution is -2.24. The molecule has 0 saturated heterocycles. The molecule has 2 amide bonds. The van der Waals surface area contributed by atoms with Crippen LogP contribution in [0.25, 0.3) is 0 Å². The van der Waals surface area contributed by atoms with Crippen LogP contribution in [0, 0.1) is 13.8 Å². The Bertz CT molecular complexity index is 652. The zero-order chi connectivity index (χ0) is 14.5. The number of nitrogens with zero attached hydrogens (tertiary/aromatic N) is 1. The van der Waals surface area contributed by atoms with Crippen LogP contribution in [-0.4, -0.2) is 12.2 Å². The quantitative estimate of drug-likeness (QED) is 0.649. The first-order valence-corrected chi connectivity index (χ1v) is 7.17. The number of hydrogen-bond donors (Lipinski definition) is 2. The molecule has 6 heteroatoms. The Balaban J connectivity index is 1.91. The molecule has 0 aliphatic carbocycles. The molecule has 104 valence electrons. The molecule has 2 N–H and O–H groups in total. The molecule has 1 aromatic heterocycles. The standard InChI is InChI=1S/C14H14ClN3OS/c1-9-3-5-12(10(2)7-9)17-14(19)18-16-8-11-4-6-13(15)20-11/h3-8H,1-2H3,(H2,17,18,19)/b16-8+. The highest BCUT2D eigenvalue weighted by Gasteiger charge is 2.03. The van der Waals surface area contributed by atoms with E-state index in [4.69, 9.17) is 11.6 Å². The van der Waals surface area contributed by atoms with Crippen molar-refractivity contribution in [2.45, 2.75) is 13.8 Å². The Morgan fingerprint density at radius 1 is 1.30 bits per heavy atom. The average molecular weight is 308 g/mol. The summed E-state index contributed by atoms with van der Waals surface area (Å²) in [4.78, 5) is 12.6. The van der Waals surface area contributed by atoms with Gasteiger partial charge in [0.25, 0.3) is 0 Å². The lowest BCUT2D eigenvalue weighted by Gasteiger charge is -2.08. The highest BCUT2D eigenvalue weighted by atomic mass is 35.5. The van der Waals surface area contributed by atoms with E-state index in [0.717, 1.165) is 21.7 Å². The summed E-state index contributed by atoms with van der Waals surface area (Å²) in [6.45, 7) is 3.95. The molecule has 0 radical (unpaired) electrons. The number of hydrogen-bond acceptors (Lipinski definition) is 3. The third-order valence-electron chi connectivity index (χ3n) is 2.58. The van der Waals surface area contributed by atoms with Gasteiger partial charge in [-0.1, -0.05) is 29.3 Å². The van der Waals surface area contributed by atoms with Crippen molar-refractivity contribution < 1.29 is 4.79 Å². The van der Waals surface area contributed by atoms with Crippen LogP contribution in [0.5, 0.6) is 0 Å². The van der Waals surface area contributed by atoms with Crippen molar-refractivity contribution in [1.82, 2.24) is 5.43 Å². The molecule has 1 heterocycles. The van der Waals surface area contributed by atoms with Crippen molar-refractivity contribution in [3.63, 3.8) is 0 Å². The Morgan fingerprint density at radius 3 is 2.75 bits per heavy atom. The number of carbonyl (C=O) groups is 1. The summed E-state index contributed by atoms with van der Waals surface area (Å²) in [6.07, 6.45) is 1.55. The minimum atomic E-state index is -0.379. The van der Waals surface area contributed by atoms with Gasteiger partial charge in [0, 0.05) is 10.6 Å². The number of aryl methyl sites for hydroxylation is 2. The lowest BCUT2D eigenvalue weighted by molar-refractivity contribution is 0.252. The van der Waals surface area contributed by atoms with Crippen molar-refractivity contribution in [2.24, 2.45) is 5.10 Å². The molecule has 2 rings (SSSR count). The van der Waals surface area contributed by atoms with E-state index < -0.39 is 0 Å². The smallest absolute Gasteiger partial charge is 0.306 e. The van der Waals surface area contributed by atoms with Gasteiger partial charge in [-0.25, -0.2) is 10.2 Å². The Hall–Kier alpha value is -1.85. The fourth-order valence-corrected chi connectivity index (χ4v) is 2.59. The van der Waals surface area contributed by atoms with E-state index >= 15 is 0 Å². The third-order valence-corrected chi connectivity index (χ3v) is 3.75. The molecule has 0 atom stereocenters. The molecular weight excluding hydrogens is 294 g/mol. The SMILES string of the molecule is Cc1ccc(NC(=O)N/N=C/c2ccc(Cl)s2)c(C)c1. The van der Waals surface area contributed by atoms with Gasteiger partial charge < -0.3 is 5.32 Å². The van der Waals surface area contributed by atoms with Gasteiger partial charge in [0.1, 0.15) is 0 Å². The first kappa shape index (κ1) is 14.6. The lowest BCUT2D eigenvalue weighted by atomic mass is 10.1. The number of carbonyl (C=O) groups excluding carboxylic acids is 1. The predicted molar refractivity (Wildman–Crippen MR) is 85.0 cm³/mol. The first-order valence-electron chi connectivity index (χ1n) is 5.97. The summed E-state index contributed by atoms with van der Waals surface area (Å²) in [5.41, 5.74) is 5.34. The summed E-state index contributed by atoms with van der Waals surface area (Å²) < 4.78 is 0.686. The molecule has 4 nitrogen and oxygen atoms in total. The van der Waals surface area contributed by atoms with E-state index in [1.165, 1.54) is 11.3 Å². The van der Waals surface area contributed by atoms with Gasteiger partial charge in [-0.15, -0.1) is 11.3 Å². The molecule has 20 heavy (non-hydrogen) atoms. The maximum atomic E-state index is 11.7. The second-order valence-electron chi connectivity index (χ2n) is 4.28. The van der Waals surface area contributed by atoms with Gasteiger partial charge in [-0.3, -0.25) is 0 Å². The van der Waals surface area contributed by atoms with Crippen molar-refractivity contribution in [1.29, 1.82) is 0 Å². The van der Waals surface area contributed by atoms with E-state index in [2.05, 4.69) is 15.8 Å². The summed E-state index contributed by atoms with van der Waals surface area (Å²) in [5, 5.41) is 6.61. The predicted octanol–water partition coefficient (Wildman–Crippen LogP) is 4.17. The van der Waals surface area contributed by atoms with Crippen LogP contribution in [0.3, 0.4) is 0 Å². The molecule has 2 aromatic rings. The van der Waals surface area contributed by atoms with Gasteiger partial charge >= 0.3 is 6.03 Å². The Morgan fingerprint density at radius 2 is 2.10 bits per heavy atom. The second-order valence-corrected chi connectivity index (χ2v) is 6.03. The molecule has 0 fully saturated rings. The van der Waals surface area contributed by atoms with Crippen LogP contribution in [0.15, 0.2) is 35.4 Å². The number of nitrogens with one attached hydrogen (secondary N) is 2. The van der Waals surface area contributed by atoms with Gasteiger partial charge in [0.05, 0.1) is 10.6 Å². The van der Waals surface area contributed by atoms with Crippen LogP contribution in [0.1, 0.15) is 16.0 Å².